The standard InChI is InChI=1S/C35H42FN5O4S/c1-22(2)25-16-28(19-37-18-25)45-27-12-9-24(15-27)31-17-33(41(39-31)35(3,4)5)38-30-13-14-32-29(34(30)36)21-40(46(32,42)43)20-23-7-10-26(44-6)11-8-23/h7-8,10-11,13-14,16-19,22,24,27,38H,9,12,15,20-21H2,1-6H3/t24-,27+/m0/s1. The lowest BCUT2D eigenvalue weighted by molar-refractivity contribution is 0.207. The number of fused-ring (bicyclic) bond motifs is 1. The van der Waals surface area contributed by atoms with Crippen LogP contribution >= 0.6 is 0 Å². The van der Waals surface area contributed by atoms with Crippen molar-refractivity contribution in [2.24, 2.45) is 0 Å². The molecule has 46 heavy (non-hydrogen) atoms. The fraction of sp³-hybridized carbons (Fsp3) is 0.429. The fourth-order valence-electron chi connectivity index (χ4n) is 6.23. The van der Waals surface area contributed by atoms with Gasteiger partial charge in [0, 0.05) is 36.8 Å². The first kappa shape index (κ1) is 32.0. The van der Waals surface area contributed by atoms with Crippen LogP contribution in [0.2, 0.25) is 0 Å². The molecule has 1 saturated carbocycles. The monoisotopic (exact) mass is 647 g/mol. The van der Waals surface area contributed by atoms with Gasteiger partial charge in [-0.15, -0.1) is 0 Å². The molecule has 1 aliphatic carbocycles. The highest BCUT2D eigenvalue weighted by Gasteiger charge is 2.38. The molecule has 1 aliphatic heterocycles. The number of aromatic nitrogens is 3. The molecular weight excluding hydrogens is 605 g/mol. The highest BCUT2D eigenvalue weighted by molar-refractivity contribution is 7.89. The van der Waals surface area contributed by atoms with Gasteiger partial charge in [0.15, 0.2) is 5.82 Å². The molecule has 1 N–H and O–H groups in total. The van der Waals surface area contributed by atoms with Crippen molar-refractivity contribution < 1.29 is 22.3 Å². The molecule has 6 rings (SSSR count). The highest BCUT2D eigenvalue weighted by Crippen LogP contribution is 2.40. The van der Waals surface area contributed by atoms with Crippen LogP contribution in [0.1, 0.15) is 88.1 Å². The van der Waals surface area contributed by atoms with E-state index in [1.165, 1.54) is 16.4 Å². The van der Waals surface area contributed by atoms with E-state index in [0.717, 1.165) is 41.8 Å². The molecule has 0 amide bonds. The van der Waals surface area contributed by atoms with Gasteiger partial charge in [-0.05, 0) is 87.4 Å². The van der Waals surface area contributed by atoms with Gasteiger partial charge in [0.05, 0.1) is 41.2 Å². The van der Waals surface area contributed by atoms with E-state index in [1.54, 1.807) is 25.4 Å². The Hall–Kier alpha value is -3.96. The summed E-state index contributed by atoms with van der Waals surface area (Å²) in [4.78, 5) is 4.35. The lowest BCUT2D eigenvalue weighted by Gasteiger charge is -2.23. The summed E-state index contributed by atoms with van der Waals surface area (Å²) in [7, 11) is -2.27. The summed E-state index contributed by atoms with van der Waals surface area (Å²) >= 11 is 0. The average Bonchev–Trinajstić information content (AvgIpc) is 3.72. The van der Waals surface area contributed by atoms with E-state index in [4.69, 9.17) is 14.6 Å². The number of halogens is 1. The number of benzene rings is 2. The third kappa shape index (κ3) is 6.35. The molecule has 0 spiro atoms. The molecule has 0 bridgehead atoms. The van der Waals surface area contributed by atoms with Gasteiger partial charge in [0.25, 0.3) is 0 Å². The maximum Gasteiger partial charge on any atom is 0.244 e. The molecule has 4 aromatic rings. The molecule has 0 saturated heterocycles. The Balaban J connectivity index is 1.20. The second kappa shape index (κ2) is 12.3. The normalized spacial score (nSPS) is 19.4. The summed E-state index contributed by atoms with van der Waals surface area (Å²) in [5.74, 6) is 2.11. The smallest absolute Gasteiger partial charge is 0.244 e. The number of pyridine rings is 1. The van der Waals surface area contributed by atoms with Crippen molar-refractivity contribution in [2.75, 3.05) is 12.4 Å². The van der Waals surface area contributed by atoms with Crippen LogP contribution in [0.3, 0.4) is 0 Å². The van der Waals surface area contributed by atoms with Gasteiger partial charge in [0.2, 0.25) is 10.0 Å². The number of nitrogens with one attached hydrogen (secondary N) is 1. The third-order valence-corrected chi connectivity index (χ3v) is 10.7. The van der Waals surface area contributed by atoms with Crippen molar-refractivity contribution in [3.63, 3.8) is 0 Å². The fourth-order valence-corrected chi connectivity index (χ4v) is 7.83. The van der Waals surface area contributed by atoms with Crippen LogP contribution in [0.15, 0.2) is 65.8 Å². The maximum absolute atomic E-state index is 16.1. The second-order valence-electron chi connectivity index (χ2n) is 13.5. The van der Waals surface area contributed by atoms with E-state index >= 15 is 4.39 Å². The van der Waals surface area contributed by atoms with Gasteiger partial charge in [-0.3, -0.25) is 4.98 Å². The van der Waals surface area contributed by atoms with Crippen LogP contribution in [0.4, 0.5) is 15.9 Å². The van der Waals surface area contributed by atoms with Gasteiger partial charge in [0.1, 0.15) is 17.3 Å². The van der Waals surface area contributed by atoms with Crippen LogP contribution < -0.4 is 14.8 Å². The van der Waals surface area contributed by atoms with Crippen molar-refractivity contribution in [3.8, 4) is 11.5 Å². The highest BCUT2D eigenvalue weighted by atomic mass is 32.2. The molecule has 2 aromatic carbocycles. The van der Waals surface area contributed by atoms with E-state index in [2.05, 4.69) is 30.2 Å². The van der Waals surface area contributed by atoms with Crippen LogP contribution in [0.5, 0.6) is 11.5 Å². The first-order valence-corrected chi connectivity index (χ1v) is 17.2. The quantitative estimate of drug-likeness (QED) is 0.201. The van der Waals surface area contributed by atoms with Gasteiger partial charge in [-0.2, -0.15) is 9.40 Å². The lowest BCUT2D eigenvalue weighted by Crippen LogP contribution is -2.25. The summed E-state index contributed by atoms with van der Waals surface area (Å²) < 4.78 is 57.5. The molecule has 2 aromatic heterocycles. The van der Waals surface area contributed by atoms with Crippen molar-refractivity contribution in [2.45, 2.75) is 95.3 Å². The molecule has 0 radical (unpaired) electrons. The zero-order chi connectivity index (χ0) is 32.8. The maximum atomic E-state index is 16.1. The summed E-state index contributed by atoms with van der Waals surface area (Å²) in [6.07, 6.45) is 6.36. The molecule has 0 unspecified atom stereocenters. The minimum atomic E-state index is -3.84. The summed E-state index contributed by atoms with van der Waals surface area (Å²) in [6, 6.07) is 14.2. The average molecular weight is 648 g/mol. The topological polar surface area (TPSA) is 98.6 Å². The Morgan fingerprint density at radius 2 is 1.80 bits per heavy atom. The minimum Gasteiger partial charge on any atom is -0.497 e. The molecule has 9 nitrogen and oxygen atoms in total. The molecule has 2 aliphatic rings. The van der Waals surface area contributed by atoms with Gasteiger partial charge in [-0.25, -0.2) is 17.5 Å². The van der Waals surface area contributed by atoms with Gasteiger partial charge >= 0.3 is 0 Å². The SMILES string of the molecule is COc1ccc(CN2Cc3c(ccc(Nc4cc([C@H]5CC[C@@H](Oc6cncc(C(C)C)c6)C5)nn4C(C)(C)C)c3F)S2(=O)=O)cc1. The number of hydrogen-bond donors (Lipinski definition) is 1. The van der Waals surface area contributed by atoms with Crippen molar-refractivity contribution in [1.29, 1.82) is 0 Å². The summed E-state index contributed by atoms with van der Waals surface area (Å²) in [5, 5.41) is 8.24. The summed E-state index contributed by atoms with van der Waals surface area (Å²) in [5.41, 5.74) is 2.84. The van der Waals surface area contributed by atoms with E-state index in [-0.39, 0.29) is 46.8 Å². The third-order valence-electron chi connectivity index (χ3n) is 8.80. The van der Waals surface area contributed by atoms with Crippen molar-refractivity contribution in [1.82, 2.24) is 19.1 Å². The molecular formula is C35H42FN5O4S. The molecule has 1 fully saturated rings. The number of hydrogen-bond acceptors (Lipinski definition) is 7. The second-order valence-corrected chi connectivity index (χ2v) is 15.5. The van der Waals surface area contributed by atoms with E-state index < -0.39 is 15.8 Å². The van der Waals surface area contributed by atoms with Crippen LogP contribution in [0.25, 0.3) is 0 Å². The largest absolute Gasteiger partial charge is 0.497 e. The van der Waals surface area contributed by atoms with E-state index in [1.807, 2.05) is 49.8 Å². The lowest BCUT2D eigenvalue weighted by atomic mass is 10.0. The Kier molecular flexibility index (Phi) is 8.58. The molecule has 2 atom stereocenters. The number of anilines is 2. The molecule has 3 heterocycles. The number of methoxy groups -OCH3 is 1. The predicted molar refractivity (Wildman–Crippen MR) is 176 cm³/mol. The van der Waals surface area contributed by atoms with E-state index in [0.29, 0.717) is 17.5 Å². The Morgan fingerprint density at radius 3 is 2.50 bits per heavy atom. The Morgan fingerprint density at radius 1 is 1.04 bits per heavy atom. The molecule has 11 heteroatoms. The van der Waals surface area contributed by atoms with Gasteiger partial charge < -0.3 is 14.8 Å². The zero-order valence-corrected chi connectivity index (χ0v) is 28.1. The van der Waals surface area contributed by atoms with Crippen LogP contribution in [-0.2, 0) is 28.7 Å². The zero-order valence-electron chi connectivity index (χ0n) is 27.2. The van der Waals surface area contributed by atoms with Crippen LogP contribution in [0, 0.1) is 5.82 Å². The number of rotatable bonds is 9. The summed E-state index contributed by atoms with van der Waals surface area (Å²) in [6.45, 7) is 10.5. The van der Waals surface area contributed by atoms with Gasteiger partial charge in [-0.1, -0.05) is 26.0 Å². The number of ether oxygens (including phenoxy) is 2. The first-order chi connectivity index (χ1) is 21.8. The number of nitrogens with zero attached hydrogens (tertiary/aromatic N) is 4. The Bertz CT molecular complexity index is 1830. The Labute approximate surface area is 270 Å². The first-order valence-electron chi connectivity index (χ1n) is 15.8. The number of sulfonamides is 1. The molecule has 244 valence electrons. The van der Waals surface area contributed by atoms with Crippen molar-refractivity contribution >= 4 is 21.5 Å². The minimum absolute atomic E-state index is 0.000193. The van der Waals surface area contributed by atoms with Crippen LogP contribution in [-0.4, -0.2) is 40.7 Å². The van der Waals surface area contributed by atoms with E-state index in [9.17, 15) is 8.42 Å². The predicted octanol–water partition coefficient (Wildman–Crippen LogP) is 7.47. The van der Waals surface area contributed by atoms with Crippen molar-refractivity contribution in [3.05, 3.63) is 89.1 Å².